The number of hydrogen-bond acceptors (Lipinski definition) is 5. The van der Waals surface area contributed by atoms with Crippen LogP contribution < -0.4 is 5.59 Å². The molecule has 2 fully saturated rings. The molecule has 1 aromatic heterocycles. The van der Waals surface area contributed by atoms with Crippen molar-refractivity contribution < 1.29 is 14.0 Å². The minimum absolute atomic E-state index is 0.338. The van der Waals surface area contributed by atoms with Crippen LogP contribution in [0.25, 0.3) is 0 Å². The van der Waals surface area contributed by atoms with Gasteiger partial charge in [-0.05, 0) is 34.1 Å². The van der Waals surface area contributed by atoms with Crippen LogP contribution >= 0.6 is 0 Å². The van der Waals surface area contributed by atoms with Crippen molar-refractivity contribution in [1.82, 2.24) is 9.97 Å². The van der Waals surface area contributed by atoms with Crippen LogP contribution in [0.5, 0.6) is 0 Å². The van der Waals surface area contributed by atoms with Crippen molar-refractivity contribution in [2.45, 2.75) is 51.2 Å². The quantitative estimate of drug-likeness (QED) is 0.762. The highest BCUT2D eigenvalue weighted by atomic mass is 16.7. The second-order valence-corrected chi connectivity index (χ2v) is 6.52. The first kappa shape index (κ1) is 14.0. The zero-order valence-corrected chi connectivity index (χ0v) is 12.5. The first-order valence-corrected chi connectivity index (χ1v) is 7.14. The van der Waals surface area contributed by atoms with Crippen molar-refractivity contribution in [3.8, 4) is 0 Å². The van der Waals surface area contributed by atoms with E-state index in [-0.39, 0.29) is 11.2 Å². The summed E-state index contributed by atoms with van der Waals surface area (Å²) in [4.78, 5) is 8.97. The van der Waals surface area contributed by atoms with E-state index in [4.69, 9.17) is 14.0 Å². The molecule has 2 aliphatic rings. The van der Waals surface area contributed by atoms with E-state index < -0.39 is 7.12 Å². The maximum Gasteiger partial charge on any atom is 0.516 e. The molecule has 0 aromatic carbocycles. The van der Waals surface area contributed by atoms with Gasteiger partial charge < -0.3 is 14.0 Å². The van der Waals surface area contributed by atoms with Crippen molar-refractivity contribution in [2.24, 2.45) is 0 Å². The Hall–Kier alpha value is -0.975. The Kier molecular flexibility index (Phi) is 3.35. The molecule has 0 spiro atoms. The minimum atomic E-state index is -0.449. The van der Waals surface area contributed by atoms with E-state index in [2.05, 4.69) is 9.97 Å². The van der Waals surface area contributed by atoms with Crippen molar-refractivity contribution in [3.63, 3.8) is 0 Å². The minimum Gasteiger partial charge on any atom is -0.398 e. The third-order valence-electron chi connectivity index (χ3n) is 4.51. The molecule has 20 heavy (non-hydrogen) atoms. The Morgan fingerprint density at radius 2 is 1.85 bits per heavy atom. The molecule has 5 nitrogen and oxygen atoms in total. The van der Waals surface area contributed by atoms with Crippen molar-refractivity contribution in [3.05, 3.63) is 18.1 Å². The topological polar surface area (TPSA) is 53.5 Å². The van der Waals surface area contributed by atoms with Gasteiger partial charge in [-0.1, -0.05) is 0 Å². The van der Waals surface area contributed by atoms with Crippen LogP contribution in [0.3, 0.4) is 0 Å². The maximum absolute atomic E-state index is 6.01. The summed E-state index contributed by atoms with van der Waals surface area (Å²) in [6.45, 7) is 9.67. The van der Waals surface area contributed by atoms with Gasteiger partial charge in [-0.3, -0.25) is 9.97 Å². The van der Waals surface area contributed by atoms with E-state index >= 15 is 0 Å². The molecule has 3 heterocycles. The Balaban J connectivity index is 1.83. The molecular weight excluding hydrogens is 255 g/mol. The molecule has 2 saturated heterocycles. The fraction of sp³-hybridized carbons (Fsp3) is 0.714. The highest BCUT2D eigenvalue weighted by Gasteiger charge is 2.52. The average Bonchev–Trinajstić information content (AvgIpc) is 2.97. The molecule has 1 unspecified atom stereocenters. The lowest BCUT2D eigenvalue weighted by atomic mass is 9.85. The molecule has 108 valence electrons. The number of aromatic nitrogens is 2. The van der Waals surface area contributed by atoms with Gasteiger partial charge in [0.15, 0.2) is 0 Å². The molecule has 6 heteroatoms. The van der Waals surface area contributed by atoms with Crippen LogP contribution in [0, 0.1) is 0 Å². The molecule has 0 amide bonds. The number of hydrogen-bond donors (Lipinski definition) is 0. The van der Waals surface area contributed by atoms with E-state index in [0.717, 1.165) is 30.9 Å². The number of nitrogens with zero attached hydrogens (tertiary/aromatic N) is 2. The zero-order valence-electron chi connectivity index (χ0n) is 12.5. The predicted octanol–water partition coefficient (Wildman–Crippen LogP) is 1.28. The summed E-state index contributed by atoms with van der Waals surface area (Å²) in [7, 11) is -0.449. The summed E-state index contributed by atoms with van der Waals surface area (Å²) in [5.41, 5.74) is 1.00. The molecular formula is C14H21BN2O3. The van der Waals surface area contributed by atoms with E-state index in [1.807, 2.05) is 33.9 Å². The fourth-order valence-corrected chi connectivity index (χ4v) is 2.44. The molecule has 0 aliphatic carbocycles. The van der Waals surface area contributed by atoms with Crippen LogP contribution in [-0.4, -0.2) is 41.5 Å². The lowest BCUT2D eigenvalue weighted by Crippen LogP contribution is -2.41. The van der Waals surface area contributed by atoms with E-state index in [1.54, 1.807) is 6.20 Å². The monoisotopic (exact) mass is 276 g/mol. The SMILES string of the molecule is CC1(C)OB(c2cncc(C3CCOC3)n2)OC1(C)C. The third kappa shape index (κ3) is 2.36. The highest BCUT2D eigenvalue weighted by molar-refractivity contribution is 6.61. The van der Waals surface area contributed by atoms with Gasteiger partial charge >= 0.3 is 7.12 Å². The summed E-state index contributed by atoms with van der Waals surface area (Å²) in [6.07, 6.45) is 4.54. The van der Waals surface area contributed by atoms with E-state index in [0.29, 0.717) is 5.92 Å². The largest absolute Gasteiger partial charge is 0.516 e. The second kappa shape index (κ2) is 4.79. The Morgan fingerprint density at radius 3 is 2.45 bits per heavy atom. The smallest absolute Gasteiger partial charge is 0.398 e. The van der Waals surface area contributed by atoms with Gasteiger partial charge in [0.1, 0.15) is 0 Å². The second-order valence-electron chi connectivity index (χ2n) is 6.52. The molecule has 1 atom stereocenters. The zero-order chi connectivity index (χ0) is 14.4. The Morgan fingerprint density at radius 1 is 1.15 bits per heavy atom. The van der Waals surface area contributed by atoms with Gasteiger partial charge in [0.25, 0.3) is 0 Å². The van der Waals surface area contributed by atoms with Crippen molar-refractivity contribution >= 4 is 12.7 Å². The van der Waals surface area contributed by atoms with E-state index in [1.165, 1.54) is 0 Å². The number of rotatable bonds is 2. The van der Waals surface area contributed by atoms with Crippen LogP contribution in [-0.2, 0) is 14.0 Å². The summed E-state index contributed by atoms with van der Waals surface area (Å²) < 4.78 is 17.4. The summed E-state index contributed by atoms with van der Waals surface area (Å²) in [5, 5.41) is 0. The van der Waals surface area contributed by atoms with Crippen LogP contribution in [0.1, 0.15) is 45.7 Å². The van der Waals surface area contributed by atoms with Gasteiger partial charge in [-0.25, -0.2) is 0 Å². The fourth-order valence-electron chi connectivity index (χ4n) is 2.44. The van der Waals surface area contributed by atoms with Crippen LogP contribution in [0.4, 0.5) is 0 Å². The molecule has 0 radical (unpaired) electrons. The summed E-state index contributed by atoms with van der Waals surface area (Å²) in [5.74, 6) is 0.338. The first-order chi connectivity index (χ1) is 9.39. The third-order valence-corrected chi connectivity index (χ3v) is 4.51. The normalized spacial score (nSPS) is 28.0. The maximum atomic E-state index is 6.01. The molecule has 3 rings (SSSR count). The lowest BCUT2D eigenvalue weighted by molar-refractivity contribution is 0.00578. The molecule has 1 aromatic rings. The van der Waals surface area contributed by atoms with Gasteiger partial charge in [0, 0.05) is 24.9 Å². The average molecular weight is 276 g/mol. The molecule has 2 aliphatic heterocycles. The van der Waals surface area contributed by atoms with Gasteiger partial charge in [-0.2, -0.15) is 0 Å². The Labute approximate surface area is 120 Å². The molecule has 0 N–H and O–H groups in total. The van der Waals surface area contributed by atoms with Gasteiger partial charge in [0.2, 0.25) is 0 Å². The molecule has 0 bridgehead atoms. The Bertz CT molecular complexity index is 485. The number of ether oxygens (including phenoxy) is 1. The summed E-state index contributed by atoms with van der Waals surface area (Å²) >= 11 is 0. The first-order valence-electron chi connectivity index (χ1n) is 7.14. The van der Waals surface area contributed by atoms with Crippen molar-refractivity contribution in [1.29, 1.82) is 0 Å². The molecule has 0 saturated carbocycles. The standard InChI is InChI=1S/C14H21BN2O3/c1-13(2)14(3,4)20-15(19-13)12-8-16-7-11(17-12)10-5-6-18-9-10/h7-8,10H,5-6,9H2,1-4H3. The summed E-state index contributed by atoms with van der Waals surface area (Å²) in [6, 6.07) is 0. The van der Waals surface area contributed by atoms with Crippen LogP contribution in [0.2, 0.25) is 0 Å². The highest BCUT2D eigenvalue weighted by Crippen LogP contribution is 2.36. The van der Waals surface area contributed by atoms with E-state index in [9.17, 15) is 0 Å². The predicted molar refractivity (Wildman–Crippen MR) is 75.9 cm³/mol. The van der Waals surface area contributed by atoms with Crippen molar-refractivity contribution in [2.75, 3.05) is 13.2 Å². The van der Waals surface area contributed by atoms with Crippen LogP contribution in [0.15, 0.2) is 12.4 Å². The van der Waals surface area contributed by atoms with Gasteiger partial charge in [0.05, 0.1) is 29.1 Å². The lowest BCUT2D eigenvalue weighted by Gasteiger charge is -2.32. The van der Waals surface area contributed by atoms with Gasteiger partial charge in [-0.15, -0.1) is 0 Å².